The maximum absolute atomic E-state index is 3.66. The molecule has 3 heteroatoms. The van der Waals surface area contributed by atoms with Crippen LogP contribution in [-0.4, -0.2) is 23.1 Å². The molecule has 0 saturated carbocycles. The van der Waals surface area contributed by atoms with Gasteiger partial charge in [0.15, 0.2) is 0 Å². The van der Waals surface area contributed by atoms with Gasteiger partial charge in [-0.2, -0.15) is 12.1 Å². The molecule has 0 unspecified atom stereocenters. The van der Waals surface area contributed by atoms with E-state index in [0.717, 1.165) is 5.56 Å². The van der Waals surface area contributed by atoms with Gasteiger partial charge in [0.05, 0.1) is 0 Å². The molecule has 0 aromatic heterocycles. The summed E-state index contributed by atoms with van der Waals surface area (Å²) in [4.78, 5) is 0. The number of rotatable bonds is 0. The normalized spacial score (nSPS) is 6.00. The van der Waals surface area contributed by atoms with E-state index in [4.69, 9.17) is 0 Å². The molecule has 47 valence electrons. The third-order valence-corrected chi connectivity index (χ3v) is 0.773. The smallest absolute Gasteiger partial charge is 1.00 e. The van der Waals surface area contributed by atoms with Crippen LogP contribution in [0.25, 0.3) is 0 Å². The third-order valence-electron chi connectivity index (χ3n) is 0.773. The Balaban J connectivity index is -0.000000163. The Bertz CT molecular complexity index is 144. The molecule has 0 bridgehead atoms. The van der Waals surface area contributed by atoms with Crippen molar-refractivity contribution in [3.63, 3.8) is 0 Å². The Morgan fingerprint density at radius 3 is 2.10 bits per heavy atom. The first-order valence-corrected chi connectivity index (χ1v) is 2.18. The summed E-state index contributed by atoms with van der Waals surface area (Å²) >= 11 is 0. The molecule has 1 aromatic rings. The average molecular weight is 283 g/mol. The predicted octanol–water partition coefficient (Wildman–Crippen LogP) is -1.71. The minimum Gasteiger partial charge on any atom is -1.00 e. The zero-order chi connectivity index (χ0) is 5.11. The van der Waals surface area contributed by atoms with Gasteiger partial charge in [-0.1, -0.05) is 0 Å². The largest absolute Gasteiger partial charge is 2.00 e. The predicted molar refractivity (Wildman–Crippen MR) is 35.5 cm³/mol. The first-order valence-electron chi connectivity index (χ1n) is 2.18. The van der Waals surface area contributed by atoms with Crippen LogP contribution in [0.2, 0.25) is 0 Å². The van der Waals surface area contributed by atoms with Gasteiger partial charge in [-0.3, -0.25) is 6.07 Å². The average Bonchev–Trinajstić information content (AvgIpc) is 1.69. The van der Waals surface area contributed by atoms with Gasteiger partial charge in [0, 0.05) is 32.7 Å². The minimum absolute atomic E-state index is 0. The van der Waals surface area contributed by atoms with Crippen LogP contribution in [0, 0.1) is 13.0 Å². The minimum atomic E-state index is 0. The molecule has 0 spiro atoms. The van der Waals surface area contributed by atoms with Crippen molar-refractivity contribution in [2.75, 3.05) is 0 Å². The van der Waals surface area contributed by atoms with Gasteiger partial charge >= 0.3 is 23.1 Å². The first-order chi connectivity index (χ1) is 3.39. The van der Waals surface area contributed by atoms with Gasteiger partial charge in [-0.25, -0.2) is 0 Å². The van der Waals surface area contributed by atoms with E-state index < -0.39 is 0 Å². The molecule has 0 aliphatic heterocycles. The van der Waals surface area contributed by atoms with Crippen molar-refractivity contribution in [1.82, 2.24) is 0 Å². The molecule has 0 aliphatic carbocycles. The van der Waals surface area contributed by atoms with Crippen molar-refractivity contribution >= 4 is 23.1 Å². The summed E-state index contributed by atoms with van der Waals surface area (Å²) in [7, 11) is 0. The van der Waals surface area contributed by atoms with E-state index >= 15 is 0 Å². The monoisotopic (exact) mass is 282 g/mol. The molecule has 10 heavy (non-hydrogen) atoms. The molecule has 0 N–H and O–H groups in total. The van der Waals surface area contributed by atoms with Gasteiger partial charge in [-0.05, 0) is 0 Å². The Labute approximate surface area is 114 Å². The van der Waals surface area contributed by atoms with Crippen molar-refractivity contribution in [2.45, 2.75) is 0 Å². The summed E-state index contributed by atoms with van der Waals surface area (Å²) in [6.07, 6.45) is 0. The fourth-order valence-electron chi connectivity index (χ4n) is 0.431. The topological polar surface area (TPSA) is 0 Å². The molecule has 0 heterocycles. The van der Waals surface area contributed by atoms with E-state index in [2.05, 4.69) is 13.0 Å². The molecule has 0 atom stereocenters. The van der Waals surface area contributed by atoms with Crippen molar-refractivity contribution in [3.8, 4) is 0 Å². The molecule has 1 radical (unpaired) electrons. The summed E-state index contributed by atoms with van der Waals surface area (Å²) in [6, 6.07) is 10.6. The Kier molecular flexibility index (Phi) is 18.3. The molecule has 0 nitrogen and oxygen atoms in total. The molecular formula is C7H6BrMgY-. The van der Waals surface area contributed by atoms with Crippen LogP contribution in [0.1, 0.15) is 5.56 Å². The molecular weight excluding hydrogens is 277 g/mol. The maximum atomic E-state index is 3.66. The maximum Gasteiger partial charge on any atom is 2.00 e. The van der Waals surface area contributed by atoms with Gasteiger partial charge in [0.2, 0.25) is 0 Å². The summed E-state index contributed by atoms with van der Waals surface area (Å²) in [6.45, 7) is 3.66. The van der Waals surface area contributed by atoms with Crippen LogP contribution in [0.15, 0.2) is 24.3 Å². The van der Waals surface area contributed by atoms with Crippen LogP contribution in [0.4, 0.5) is 0 Å². The third kappa shape index (κ3) is 7.55. The number of halogens is 1. The fraction of sp³-hybridized carbons (Fsp3) is 0. The fourth-order valence-corrected chi connectivity index (χ4v) is 0.431. The second-order valence-electron chi connectivity index (χ2n) is 1.39. The van der Waals surface area contributed by atoms with Gasteiger partial charge < -0.3 is 35.5 Å². The van der Waals surface area contributed by atoms with E-state index in [1.165, 1.54) is 0 Å². The zero-order valence-electron chi connectivity index (χ0n) is 5.68. The van der Waals surface area contributed by atoms with Crippen molar-refractivity contribution in [2.24, 2.45) is 0 Å². The Hall–Kier alpha value is 1.44. The van der Waals surface area contributed by atoms with E-state index in [0.29, 0.717) is 0 Å². The number of hydrogen-bond acceptors (Lipinski definition) is 0. The van der Waals surface area contributed by atoms with Crippen LogP contribution >= 0.6 is 0 Å². The van der Waals surface area contributed by atoms with E-state index in [9.17, 15) is 0 Å². The van der Waals surface area contributed by atoms with E-state index in [1.807, 2.05) is 24.3 Å². The first kappa shape index (κ1) is 17.5. The molecule has 0 amide bonds. The molecule has 1 aromatic carbocycles. The van der Waals surface area contributed by atoms with Gasteiger partial charge in [-0.15, -0.1) is 6.07 Å². The van der Waals surface area contributed by atoms with Crippen LogP contribution in [-0.2, 0) is 32.7 Å². The molecule has 0 saturated heterocycles. The molecule has 0 fully saturated rings. The zero-order valence-corrected chi connectivity index (χ0v) is 11.5. The summed E-state index contributed by atoms with van der Waals surface area (Å²) in [5, 5.41) is 0. The SMILES string of the molecule is [Br-].[CH2-]c1[c-]cccc1.[Mg+2].[Y]. The van der Waals surface area contributed by atoms with Gasteiger partial charge in [0.1, 0.15) is 0 Å². The van der Waals surface area contributed by atoms with Gasteiger partial charge in [0.25, 0.3) is 0 Å². The molecule has 1 rings (SSSR count). The molecule has 0 aliphatic rings. The van der Waals surface area contributed by atoms with Crippen LogP contribution in [0.3, 0.4) is 0 Å². The standard InChI is InChI=1S/C7H6.BrH.Mg.Y/c1-7-5-3-2-4-6-7;;;/h2-5H,1H2;1H;;/q-2;;+2;/p-1. The Morgan fingerprint density at radius 1 is 1.30 bits per heavy atom. The Morgan fingerprint density at radius 2 is 1.90 bits per heavy atom. The second-order valence-corrected chi connectivity index (χ2v) is 1.39. The van der Waals surface area contributed by atoms with Crippen LogP contribution in [0.5, 0.6) is 0 Å². The number of benzene rings is 1. The second kappa shape index (κ2) is 10.4. The van der Waals surface area contributed by atoms with Crippen molar-refractivity contribution < 1.29 is 49.7 Å². The van der Waals surface area contributed by atoms with Crippen molar-refractivity contribution in [3.05, 3.63) is 42.8 Å². The number of hydrogen-bond donors (Lipinski definition) is 0. The quantitative estimate of drug-likeness (QED) is 0.393. The summed E-state index contributed by atoms with van der Waals surface area (Å²) in [5.74, 6) is 0. The summed E-state index contributed by atoms with van der Waals surface area (Å²) < 4.78 is 0. The van der Waals surface area contributed by atoms with Crippen molar-refractivity contribution in [1.29, 1.82) is 0 Å². The summed E-state index contributed by atoms with van der Waals surface area (Å²) in [5.41, 5.74) is 0.947. The van der Waals surface area contributed by atoms with E-state index in [1.54, 1.807) is 0 Å². The van der Waals surface area contributed by atoms with Crippen LogP contribution < -0.4 is 17.0 Å². The van der Waals surface area contributed by atoms with E-state index in [-0.39, 0.29) is 72.7 Å².